The lowest BCUT2D eigenvalue weighted by atomic mass is 10.1. The Morgan fingerprint density at radius 2 is 2.37 bits per heavy atom. The Labute approximate surface area is 111 Å². The summed E-state index contributed by atoms with van der Waals surface area (Å²) in [5, 5.41) is 20.7. The minimum Gasteiger partial charge on any atom is -0.481 e. The number of aromatic nitrogens is 4. The number of carboxylic acids is 1. The van der Waals surface area contributed by atoms with Gasteiger partial charge in [-0.1, -0.05) is 13.3 Å². The third-order valence-electron chi connectivity index (χ3n) is 3.42. The Kier molecular flexibility index (Phi) is 4.47. The topological polar surface area (TPSA) is 90.1 Å². The van der Waals surface area contributed by atoms with Crippen LogP contribution in [-0.2, 0) is 9.53 Å². The molecule has 7 heteroatoms. The summed E-state index contributed by atoms with van der Waals surface area (Å²) in [6.07, 6.45) is 3.62. The third kappa shape index (κ3) is 3.28. The van der Waals surface area contributed by atoms with E-state index in [9.17, 15) is 4.79 Å². The standard InChI is InChI=1S/C12H20N4O3/c1-3-4-9(7-11(17)18)16-12(13-14-15-16)10-6-5-8(2)19-10/h8-10H,3-7H2,1-2H3,(H,17,18). The minimum atomic E-state index is -0.833. The number of rotatable bonds is 6. The highest BCUT2D eigenvalue weighted by atomic mass is 16.5. The second kappa shape index (κ2) is 6.10. The van der Waals surface area contributed by atoms with Crippen LogP contribution in [0.1, 0.15) is 63.9 Å². The first kappa shape index (κ1) is 13.9. The summed E-state index contributed by atoms with van der Waals surface area (Å²) in [6.45, 7) is 4.04. The zero-order chi connectivity index (χ0) is 13.8. The Morgan fingerprint density at radius 3 is 2.95 bits per heavy atom. The summed E-state index contributed by atoms with van der Waals surface area (Å²) in [5.74, 6) is -0.176. The summed E-state index contributed by atoms with van der Waals surface area (Å²) in [6, 6.07) is -0.202. The minimum absolute atomic E-state index is 0.0359. The van der Waals surface area contributed by atoms with Gasteiger partial charge in [0.1, 0.15) is 6.10 Å². The number of hydrogen-bond donors (Lipinski definition) is 1. The van der Waals surface area contributed by atoms with Crippen LogP contribution in [0.4, 0.5) is 0 Å². The average Bonchev–Trinajstić information content (AvgIpc) is 2.95. The van der Waals surface area contributed by atoms with Crippen molar-refractivity contribution in [2.45, 2.75) is 64.2 Å². The number of ether oxygens (including phenoxy) is 1. The number of hydrogen-bond acceptors (Lipinski definition) is 5. The van der Waals surface area contributed by atoms with E-state index in [1.807, 2.05) is 13.8 Å². The molecule has 0 aromatic carbocycles. The molecule has 0 saturated carbocycles. The van der Waals surface area contributed by atoms with Gasteiger partial charge in [0.25, 0.3) is 0 Å². The number of carboxylic acid groups (broad SMARTS) is 1. The van der Waals surface area contributed by atoms with E-state index in [-0.39, 0.29) is 24.7 Å². The molecule has 0 amide bonds. The second-order valence-electron chi connectivity index (χ2n) is 5.03. The van der Waals surface area contributed by atoms with Crippen molar-refractivity contribution in [1.29, 1.82) is 0 Å². The average molecular weight is 268 g/mol. The fourth-order valence-electron chi connectivity index (χ4n) is 2.51. The van der Waals surface area contributed by atoms with Gasteiger partial charge in [-0.3, -0.25) is 4.79 Å². The van der Waals surface area contributed by atoms with E-state index in [1.165, 1.54) is 0 Å². The van der Waals surface area contributed by atoms with E-state index >= 15 is 0 Å². The molecule has 106 valence electrons. The molecule has 0 bridgehead atoms. The molecular formula is C12H20N4O3. The van der Waals surface area contributed by atoms with Gasteiger partial charge in [-0.05, 0) is 36.6 Å². The van der Waals surface area contributed by atoms with Crippen LogP contribution < -0.4 is 0 Å². The third-order valence-corrected chi connectivity index (χ3v) is 3.42. The SMILES string of the molecule is CCCC(CC(=O)O)n1nnnc1C1CCC(C)O1. The highest BCUT2D eigenvalue weighted by Gasteiger charge is 2.30. The maximum atomic E-state index is 11.0. The van der Waals surface area contributed by atoms with Crippen molar-refractivity contribution in [2.75, 3.05) is 0 Å². The van der Waals surface area contributed by atoms with Crippen LogP contribution >= 0.6 is 0 Å². The van der Waals surface area contributed by atoms with Gasteiger partial charge in [0.2, 0.25) is 0 Å². The Hall–Kier alpha value is -1.50. The maximum absolute atomic E-state index is 11.0. The van der Waals surface area contributed by atoms with Crippen molar-refractivity contribution in [3.05, 3.63) is 5.82 Å². The van der Waals surface area contributed by atoms with E-state index in [1.54, 1.807) is 4.68 Å². The normalized spacial score (nSPS) is 24.5. The van der Waals surface area contributed by atoms with Crippen LogP contribution in [0.15, 0.2) is 0 Å². The predicted octanol–water partition coefficient (Wildman–Crippen LogP) is 1.73. The molecule has 1 aromatic heterocycles. The van der Waals surface area contributed by atoms with Crippen molar-refractivity contribution in [3.63, 3.8) is 0 Å². The number of aliphatic carboxylic acids is 1. The van der Waals surface area contributed by atoms with Gasteiger partial charge >= 0.3 is 5.97 Å². The summed E-state index contributed by atoms with van der Waals surface area (Å²) < 4.78 is 7.41. The fourth-order valence-corrected chi connectivity index (χ4v) is 2.51. The number of carbonyl (C=O) groups is 1. The lowest BCUT2D eigenvalue weighted by Gasteiger charge is -2.18. The van der Waals surface area contributed by atoms with Gasteiger partial charge in [0.05, 0.1) is 18.6 Å². The van der Waals surface area contributed by atoms with Crippen molar-refractivity contribution in [2.24, 2.45) is 0 Å². The van der Waals surface area contributed by atoms with Gasteiger partial charge < -0.3 is 9.84 Å². The number of tetrazole rings is 1. The van der Waals surface area contributed by atoms with Gasteiger partial charge in [-0.2, -0.15) is 0 Å². The first-order chi connectivity index (χ1) is 9.11. The molecule has 2 rings (SSSR count). The first-order valence-corrected chi connectivity index (χ1v) is 6.76. The van der Waals surface area contributed by atoms with Crippen molar-refractivity contribution >= 4 is 5.97 Å². The van der Waals surface area contributed by atoms with Crippen LogP contribution in [0.25, 0.3) is 0 Å². The van der Waals surface area contributed by atoms with Gasteiger partial charge in [-0.15, -0.1) is 5.10 Å². The first-order valence-electron chi connectivity index (χ1n) is 6.76. The van der Waals surface area contributed by atoms with Gasteiger partial charge in [0.15, 0.2) is 5.82 Å². The van der Waals surface area contributed by atoms with E-state index in [0.717, 1.165) is 25.7 Å². The molecule has 3 unspecified atom stereocenters. The highest BCUT2D eigenvalue weighted by Crippen LogP contribution is 2.32. The smallest absolute Gasteiger partial charge is 0.305 e. The quantitative estimate of drug-likeness (QED) is 0.845. The molecule has 19 heavy (non-hydrogen) atoms. The van der Waals surface area contributed by atoms with Crippen LogP contribution in [0, 0.1) is 0 Å². The molecule has 0 radical (unpaired) electrons. The molecule has 0 aliphatic carbocycles. The molecule has 2 heterocycles. The van der Waals surface area contributed by atoms with Gasteiger partial charge in [0, 0.05) is 0 Å². The van der Waals surface area contributed by atoms with Crippen LogP contribution in [0.2, 0.25) is 0 Å². The second-order valence-corrected chi connectivity index (χ2v) is 5.03. The molecule has 7 nitrogen and oxygen atoms in total. The lowest BCUT2D eigenvalue weighted by Crippen LogP contribution is -2.19. The number of nitrogens with zero attached hydrogens (tertiary/aromatic N) is 4. The summed E-state index contributed by atoms with van der Waals surface area (Å²) in [7, 11) is 0. The highest BCUT2D eigenvalue weighted by molar-refractivity contribution is 5.67. The summed E-state index contributed by atoms with van der Waals surface area (Å²) in [5.41, 5.74) is 0. The molecule has 0 spiro atoms. The Morgan fingerprint density at radius 1 is 1.58 bits per heavy atom. The molecule has 3 atom stereocenters. The molecule has 1 fully saturated rings. The van der Waals surface area contributed by atoms with E-state index in [2.05, 4.69) is 15.5 Å². The molecular weight excluding hydrogens is 248 g/mol. The summed E-state index contributed by atoms with van der Waals surface area (Å²) in [4.78, 5) is 11.0. The van der Waals surface area contributed by atoms with Crippen LogP contribution in [-0.4, -0.2) is 37.4 Å². The Balaban J connectivity index is 2.18. The largest absolute Gasteiger partial charge is 0.481 e. The predicted molar refractivity (Wildman–Crippen MR) is 66.5 cm³/mol. The monoisotopic (exact) mass is 268 g/mol. The van der Waals surface area contributed by atoms with E-state index in [4.69, 9.17) is 9.84 Å². The molecule has 1 aromatic rings. The van der Waals surface area contributed by atoms with Crippen molar-refractivity contribution in [1.82, 2.24) is 20.2 Å². The van der Waals surface area contributed by atoms with Gasteiger partial charge in [-0.25, -0.2) is 4.68 Å². The molecule has 1 aliphatic rings. The zero-order valence-electron chi connectivity index (χ0n) is 11.3. The Bertz CT molecular complexity index is 434. The lowest BCUT2D eigenvalue weighted by molar-refractivity contribution is -0.138. The molecule has 1 saturated heterocycles. The van der Waals surface area contributed by atoms with E-state index < -0.39 is 5.97 Å². The van der Waals surface area contributed by atoms with Crippen molar-refractivity contribution < 1.29 is 14.6 Å². The van der Waals surface area contributed by atoms with Crippen LogP contribution in [0.5, 0.6) is 0 Å². The zero-order valence-corrected chi connectivity index (χ0v) is 11.3. The molecule has 1 aliphatic heterocycles. The summed E-state index contributed by atoms with van der Waals surface area (Å²) >= 11 is 0. The fraction of sp³-hybridized carbons (Fsp3) is 0.833. The van der Waals surface area contributed by atoms with Crippen LogP contribution in [0.3, 0.4) is 0 Å². The maximum Gasteiger partial charge on any atom is 0.305 e. The van der Waals surface area contributed by atoms with Crippen molar-refractivity contribution in [3.8, 4) is 0 Å². The molecule has 1 N–H and O–H groups in total. The van der Waals surface area contributed by atoms with E-state index in [0.29, 0.717) is 5.82 Å².